The van der Waals surface area contributed by atoms with Crippen molar-refractivity contribution in [2.75, 3.05) is 22.8 Å². The highest BCUT2D eigenvalue weighted by Crippen LogP contribution is 2.38. The van der Waals surface area contributed by atoms with Crippen molar-refractivity contribution in [2.45, 2.75) is 39.5 Å². The Morgan fingerprint density at radius 1 is 1.14 bits per heavy atom. The summed E-state index contributed by atoms with van der Waals surface area (Å²) in [5.41, 5.74) is 1.83. The molecule has 0 atom stereocenters. The Hall–Kier alpha value is -2.54. The highest BCUT2D eigenvalue weighted by molar-refractivity contribution is 7.92. The number of rotatable bonds is 4. The number of nitrogens with zero attached hydrogens (tertiary/aromatic N) is 1. The summed E-state index contributed by atoms with van der Waals surface area (Å²) in [5.74, 6) is 0.513. The molecule has 7 heteroatoms. The minimum absolute atomic E-state index is 0.0525. The van der Waals surface area contributed by atoms with E-state index in [4.69, 9.17) is 4.74 Å². The first kappa shape index (κ1) is 20.2. The van der Waals surface area contributed by atoms with Crippen LogP contribution in [-0.2, 0) is 14.8 Å². The number of carbonyl (C=O) groups excluding carboxylic acids is 1. The number of fused-ring (bicyclic) bond motifs is 1. The summed E-state index contributed by atoms with van der Waals surface area (Å²) in [5, 5.41) is 0. The molecule has 0 aromatic heterocycles. The molecule has 1 heterocycles. The summed E-state index contributed by atoms with van der Waals surface area (Å²) in [6, 6.07) is 10.3. The number of anilines is 2. The van der Waals surface area contributed by atoms with Gasteiger partial charge in [0.05, 0.1) is 21.7 Å². The van der Waals surface area contributed by atoms with Crippen LogP contribution in [0.1, 0.15) is 31.9 Å². The maximum Gasteiger partial charge on any atom is 0.262 e. The van der Waals surface area contributed by atoms with Gasteiger partial charge >= 0.3 is 0 Å². The van der Waals surface area contributed by atoms with E-state index in [0.717, 1.165) is 5.56 Å². The third-order valence-electron chi connectivity index (χ3n) is 4.86. The van der Waals surface area contributed by atoms with Gasteiger partial charge in [-0.2, -0.15) is 0 Å². The van der Waals surface area contributed by atoms with Crippen LogP contribution < -0.4 is 14.4 Å². The summed E-state index contributed by atoms with van der Waals surface area (Å²) >= 11 is 0. The van der Waals surface area contributed by atoms with Crippen molar-refractivity contribution in [1.29, 1.82) is 0 Å². The molecule has 1 amide bonds. The number of amides is 1. The van der Waals surface area contributed by atoms with Crippen LogP contribution in [0, 0.1) is 19.3 Å². The van der Waals surface area contributed by atoms with Crippen LogP contribution in [0.15, 0.2) is 41.3 Å². The van der Waals surface area contributed by atoms with E-state index in [1.807, 2.05) is 33.8 Å². The first-order chi connectivity index (χ1) is 13.0. The number of hydrogen-bond acceptors (Lipinski definition) is 4. The van der Waals surface area contributed by atoms with Gasteiger partial charge in [-0.05, 0) is 70.0 Å². The second-order valence-electron chi connectivity index (χ2n) is 7.78. The summed E-state index contributed by atoms with van der Waals surface area (Å²) in [6.07, 6.45) is 0. The van der Waals surface area contributed by atoms with Crippen LogP contribution in [-0.4, -0.2) is 27.5 Å². The molecule has 0 saturated heterocycles. The highest BCUT2D eigenvalue weighted by Gasteiger charge is 2.37. The van der Waals surface area contributed by atoms with Crippen molar-refractivity contribution in [3.05, 3.63) is 47.5 Å². The Bertz CT molecular complexity index is 1030. The molecular weight excluding hydrogens is 376 g/mol. The van der Waals surface area contributed by atoms with Gasteiger partial charge in [-0.15, -0.1) is 0 Å². The molecule has 3 rings (SSSR count). The number of aryl methyl sites for hydroxylation is 2. The van der Waals surface area contributed by atoms with Crippen LogP contribution in [0.25, 0.3) is 0 Å². The Kier molecular flexibility index (Phi) is 5.14. The molecule has 150 valence electrons. The van der Waals surface area contributed by atoms with Crippen LogP contribution in [0.2, 0.25) is 0 Å². The van der Waals surface area contributed by atoms with Crippen LogP contribution in [0.5, 0.6) is 5.75 Å². The SMILES string of the molecule is CCN1C(=O)C(C)(C)COc2ccc(NS(=O)(=O)c3cc(C)ccc3C)cc21. The standard InChI is InChI=1S/C21H26N2O4S/c1-6-23-17-12-16(9-10-18(17)27-13-21(4,5)20(23)24)22-28(25,26)19-11-14(2)7-8-15(19)3/h7-12,22H,6,13H2,1-5H3. The van der Waals surface area contributed by atoms with Crippen molar-refractivity contribution in [2.24, 2.45) is 5.41 Å². The maximum atomic E-state index is 12.9. The molecular formula is C21H26N2O4S. The normalized spacial score (nSPS) is 16.2. The molecule has 0 radical (unpaired) electrons. The average molecular weight is 403 g/mol. The zero-order valence-corrected chi connectivity index (χ0v) is 17.7. The van der Waals surface area contributed by atoms with Crippen molar-refractivity contribution in [1.82, 2.24) is 0 Å². The minimum atomic E-state index is -3.76. The first-order valence-corrected chi connectivity index (χ1v) is 10.7. The van der Waals surface area contributed by atoms with E-state index in [1.165, 1.54) is 0 Å². The number of benzene rings is 2. The molecule has 6 nitrogen and oxygen atoms in total. The monoisotopic (exact) mass is 402 g/mol. The fraction of sp³-hybridized carbons (Fsp3) is 0.381. The zero-order chi connectivity index (χ0) is 20.7. The summed E-state index contributed by atoms with van der Waals surface area (Å²) in [4.78, 5) is 14.7. The number of ether oxygens (including phenoxy) is 1. The molecule has 0 saturated carbocycles. The van der Waals surface area contributed by atoms with Crippen LogP contribution in [0.4, 0.5) is 11.4 Å². The van der Waals surface area contributed by atoms with E-state index in [2.05, 4.69) is 4.72 Å². The third-order valence-corrected chi connectivity index (χ3v) is 6.39. The second-order valence-corrected chi connectivity index (χ2v) is 9.43. The van der Waals surface area contributed by atoms with Gasteiger partial charge in [0.2, 0.25) is 5.91 Å². The Balaban J connectivity index is 2.00. The lowest BCUT2D eigenvalue weighted by Crippen LogP contribution is -2.42. The summed E-state index contributed by atoms with van der Waals surface area (Å²) in [7, 11) is -3.76. The van der Waals surface area contributed by atoms with Crippen molar-refractivity contribution < 1.29 is 17.9 Å². The Morgan fingerprint density at radius 3 is 2.54 bits per heavy atom. The maximum absolute atomic E-state index is 12.9. The van der Waals surface area contributed by atoms with Gasteiger partial charge in [0.15, 0.2) is 0 Å². The molecule has 0 aliphatic carbocycles. The fourth-order valence-corrected chi connectivity index (χ4v) is 4.61. The number of sulfonamides is 1. The van der Waals surface area contributed by atoms with Crippen molar-refractivity contribution >= 4 is 27.3 Å². The number of hydrogen-bond donors (Lipinski definition) is 1. The Labute approximate surface area is 166 Å². The number of nitrogens with one attached hydrogen (secondary N) is 1. The quantitative estimate of drug-likeness (QED) is 0.842. The molecule has 1 N–H and O–H groups in total. The van der Waals surface area contributed by atoms with Crippen molar-refractivity contribution in [3.63, 3.8) is 0 Å². The van der Waals surface area contributed by atoms with Gasteiger partial charge in [0.25, 0.3) is 10.0 Å². The third kappa shape index (κ3) is 3.71. The minimum Gasteiger partial charge on any atom is -0.490 e. The largest absolute Gasteiger partial charge is 0.490 e. The van der Waals surface area contributed by atoms with Gasteiger partial charge in [0, 0.05) is 6.54 Å². The van der Waals surface area contributed by atoms with Gasteiger partial charge in [0.1, 0.15) is 12.4 Å². The molecule has 2 aromatic carbocycles. The molecule has 0 unspecified atom stereocenters. The van der Waals surface area contributed by atoms with Gasteiger partial charge < -0.3 is 9.64 Å². The fourth-order valence-electron chi connectivity index (χ4n) is 3.23. The smallest absolute Gasteiger partial charge is 0.262 e. The predicted octanol–water partition coefficient (Wildman–Crippen LogP) is 3.88. The van der Waals surface area contributed by atoms with E-state index >= 15 is 0 Å². The zero-order valence-electron chi connectivity index (χ0n) is 16.9. The lowest BCUT2D eigenvalue weighted by molar-refractivity contribution is -0.127. The van der Waals surface area contributed by atoms with Crippen molar-refractivity contribution in [3.8, 4) is 5.75 Å². The summed E-state index contributed by atoms with van der Waals surface area (Å²) < 4.78 is 34.3. The lowest BCUT2D eigenvalue weighted by Gasteiger charge is -2.27. The van der Waals surface area contributed by atoms with Crippen LogP contribution in [0.3, 0.4) is 0 Å². The van der Waals surface area contributed by atoms with E-state index in [-0.39, 0.29) is 17.4 Å². The predicted molar refractivity (Wildman–Crippen MR) is 110 cm³/mol. The molecule has 0 bridgehead atoms. The van der Waals surface area contributed by atoms with Crippen LogP contribution >= 0.6 is 0 Å². The number of carbonyl (C=O) groups is 1. The average Bonchev–Trinajstić information content (AvgIpc) is 2.71. The van der Waals surface area contributed by atoms with Gasteiger partial charge in [-0.1, -0.05) is 12.1 Å². The first-order valence-electron chi connectivity index (χ1n) is 9.24. The van der Waals surface area contributed by atoms with E-state index in [1.54, 1.807) is 42.2 Å². The van der Waals surface area contributed by atoms with E-state index in [0.29, 0.717) is 29.2 Å². The lowest BCUT2D eigenvalue weighted by atomic mass is 9.93. The molecule has 2 aromatic rings. The molecule has 28 heavy (non-hydrogen) atoms. The molecule has 1 aliphatic rings. The van der Waals surface area contributed by atoms with E-state index in [9.17, 15) is 13.2 Å². The second kappa shape index (κ2) is 7.13. The highest BCUT2D eigenvalue weighted by atomic mass is 32.2. The molecule has 0 spiro atoms. The van der Waals surface area contributed by atoms with Gasteiger partial charge in [-0.3, -0.25) is 9.52 Å². The molecule has 1 aliphatic heterocycles. The Morgan fingerprint density at radius 2 is 1.86 bits per heavy atom. The summed E-state index contributed by atoms with van der Waals surface area (Å²) in [6.45, 7) is 9.91. The van der Waals surface area contributed by atoms with Gasteiger partial charge in [-0.25, -0.2) is 8.42 Å². The van der Waals surface area contributed by atoms with E-state index < -0.39 is 15.4 Å². The molecule has 0 fully saturated rings. The topological polar surface area (TPSA) is 75.7 Å².